The van der Waals surface area contributed by atoms with Crippen molar-refractivity contribution < 1.29 is 17.9 Å². The number of benzene rings is 3. The van der Waals surface area contributed by atoms with Crippen molar-refractivity contribution in [2.75, 3.05) is 17.7 Å². The Balaban J connectivity index is 1.77. The molecule has 6 nitrogen and oxygen atoms in total. The molecule has 0 saturated carbocycles. The van der Waals surface area contributed by atoms with Gasteiger partial charge in [-0.25, -0.2) is 8.42 Å². The van der Waals surface area contributed by atoms with Crippen LogP contribution in [0.4, 0.5) is 5.69 Å². The molecule has 0 radical (unpaired) electrons. The minimum absolute atomic E-state index is 0.184. The Morgan fingerprint density at radius 2 is 1.64 bits per heavy atom. The van der Waals surface area contributed by atoms with Gasteiger partial charge in [0.15, 0.2) is 0 Å². The Morgan fingerprint density at radius 1 is 0.972 bits per heavy atom. The number of carbonyl (C=O) groups excluding carboxylic acids is 1. The van der Waals surface area contributed by atoms with Crippen LogP contribution in [0.15, 0.2) is 60.7 Å². The number of methoxy groups -OCH3 is 1. The number of anilines is 1. The van der Waals surface area contributed by atoms with Gasteiger partial charge in [-0.1, -0.05) is 38.1 Å². The third kappa shape index (κ3) is 6.46. The molecule has 192 valence electrons. The number of amides is 1. The van der Waals surface area contributed by atoms with Gasteiger partial charge in [-0.05, 0) is 90.9 Å². The van der Waals surface area contributed by atoms with E-state index in [1.807, 2.05) is 45.0 Å². The van der Waals surface area contributed by atoms with Crippen molar-refractivity contribution in [1.29, 1.82) is 0 Å². The van der Waals surface area contributed by atoms with E-state index in [2.05, 4.69) is 25.2 Å². The van der Waals surface area contributed by atoms with E-state index in [1.54, 1.807) is 37.4 Å². The molecule has 0 aliphatic rings. The molecule has 7 heteroatoms. The van der Waals surface area contributed by atoms with Gasteiger partial charge < -0.3 is 10.1 Å². The van der Waals surface area contributed by atoms with Gasteiger partial charge in [-0.2, -0.15) is 0 Å². The molecule has 3 aromatic carbocycles. The smallest absolute Gasteiger partial charge is 0.251 e. The molecule has 0 aromatic heterocycles. The SMILES string of the molecule is COc1cc(C)c([C@@H](C)NC(=O)c2ccc(CN(c3cccc(C)c3)S(C)(=O)=O)cc2)cc1C(C)C. The highest BCUT2D eigenvalue weighted by Gasteiger charge is 2.20. The van der Waals surface area contributed by atoms with E-state index >= 15 is 0 Å². The fraction of sp³-hybridized carbons (Fsp3) is 0.345. The third-order valence-corrected chi connectivity index (χ3v) is 7.43. The van der Waals surface area contributed by atoms with Crippen molar-refractivity contribution >= 4 is 21.6 Å². The largest absolute Gasteiger partial charge is 0.496 e. The second-order valence-corrected chi connectivity index (χ2v) is 11.5. The number of rotatable bonds is 9. The molecule has 3 aromatic rings. The number of aryl methyl sites for hydroxylation is 2. The molecular formula is C29H36N2O4S. The van der Waals surface area contributed by atoms with E-state index in [0.717, 1.165) is 33.6 Å². The molecule has 0 spiro atoms. The molecule has 0 aliphatic heterocycles. The Labute approximate surface area is 215 Å². The zero-order chi connectivity index (χ0) is 26.6. The summed E-state index contributed by atoms with van der Waals surface area (Å²) < 4.78 is 31.8. The van der Waals surface area contributed by atoms with Crippen LogP contribution >= 0.6 is 0 Å². The second-order valence-electron chi connectivity index (χ2n) is 9.61. The summed E-state index contributed by atoms with van der Waals surface area (Å²) >= 11 is 0. The van der Waals surface area contributed by atoms with E-state index < -0.39 is 10.0 Å². The molecule has 0 aliphatic carbocycles. The maximum atomic E-state index is 13.0. The number of nitrogens with one attached hydrogen (secondary N) is 1. The monoisotopic (exact) mass is 508 g/mol. The Bertz CT molecular complexity index is 1330. The first-order valence-electron chi connectivity index (χ1n) is 12.0. The van der Waals surface area contributed by atoms with Gasteiger partial charge in [-0.15, -0.1) is 0 Å². The lowest BCUT2D eigenvalue weighted by atomic mass is 9.93. The summed E-state index contributed by atoms with van der Waals surface area (Å²) in [7, 11) is -1.81. The summed E-state index contributed by atoms with van der Waals surface area (Å²) in [5.41, 5.74) is 6.11. The molecule has 0 bridgehead atoms. The first-order chi connectivity index (χ1) is 16.9. The van der Waals surface area contributed by atoms with Gasteiger partial charge in [-0.3, -0.25) is 9.10 Å². The van der Waals surface area contributed by atoms with Crippen LogP contribution in [-0.4, -0.2) is 27.7 Å². The number of hydrogen-bond donors (Lipinski definition) is 1. The van der Waals surface area contributed by atoms with Crippen LogP contribution < -0.4 is 14.4 Å². The average molecular weight is 509 g/mol. The van der Waals surface area contributed by atoms with Crippen molar-refractivity contribution in [3.8, 4) is 5.75 Å². The fourth-order valence-corrected chi connectivity index (χ4v) is 5.16. The van der Waals surface area contributed by atoms with E-state index in [9.17, 15) is 13.2 Å². The van der Waals surface area contributed by atoms with Crippen LogP contribution in [0.1, 0.15) is 70.9 Å². The number of sulfonamides is 1. The highest BCUT2D eigenvalue weighted by molar-refractivity contribution is 7.92. The Morgan fingerprint density at radius 3 is 2.19 bits per heavy atom. The van der Waals surface area contributed by atoms with E-state index in [1.165, 1.54) is 10.6 Å². The molecule has 1 N–H and O–H groups in total. The zero-order valence-electron chi connectivity index (χ0n) is 22.1. The van der Waals surface area contributed by atoms with Gasteiger partial charge in [0.25, 0.3) is 5.91 Å². The van der Waals surface area contributed by atoms with Crippen molar-refractivity contribution in [3.63, 3.8) is 0 Å². The topological polar surface area (TPSA) is 75.7 Å². The fourth-order valence-electron chi connectivity index (χ4n) is 4.28. The standard InChI is InChI=1S/C29H36N2O4S/c1-19(2)26-17-27(21(4)16-28(26)35-6)22(5)30-29(32)24-13-11-23(12-14-24)18-31(36(7,33)34)25-10-8-9-20(3)15-25/h8-17,19,22H,18H2,1-7H3,(H,30,32)/t22-/m1/s1. The van der Waals surface area contributed by atoms with Crippen molar-refractivity contribution in [1.82, 2.24) is 5.32 Å². The lowest BCUT2D eigenvalue weighted by Crippen LogP contribution is -2.29. The van der Waals surface area contributed by atoms with Gasteiger partial charge in [0.1, 0.15) is 5.75 Å². The molecule has 0 heterocycles. The second kappa shape index (κ2) is 11.2. The van der Waals surface area contributed by atoms with Crippen molar-refractivity contribution in [3.05, 3.63) is 94.0 Å². The van der Waals surface area contributed by atoms with Crippen LogP contribution in [-0.2, 0) is 16.6 Å². The number of ether oxygens (including phenoxy) is 1. The number of hydrogen-bond acceptors (Lipinski definition) is 4. The average Bonchev–Trinajstić information content (AvgIpc) is 2.81. The quantitative estimate of drug-likeness (QED) is 0.391. The van der Waals surface area contributed by atoms with Crippen LogP contribution in [0, 0.1) is 13.8 Å². The molecule has 0 unspecified atom stereocenters. The van der Waals surface area contributed by atoms with Gasteiger partial charge >= 0.3 is 0 Å². The van der Waals surface area contributed by atoms with Crippen LogP contribution in [0.25, 0.3) is 0 Å². The molecule has 36 heavy (non-hydrogen) atoms. The highest BCUT2D eigenvalue weighted by Crippen LogP contribution is 2.32. The normalized spacial score (nSPS) is 12.3. The van der Waals surface area contributed by atoms with E-state index in [-0.39, 0.29) is 18.5 Å². The summed E-state index contributed by atoms with van der Waals surface area (Å²) in [6.07, 6.45) is 1.20. The lowest BCUT2D eigenvalue weighted by molar-refractivity contribution is 0.0939. The predicted octanol–water partition coefficient (Wildman–Crippen LogP) is 5.89. The summed E-state index contributed by atoms with van der Waals surface area (Å²) in [5, 5.41) is 3.09. The lowest BCUT2D eigenvalue weighted by Gasteiger charge is -2.23. The summed E-state index contributed by atoms with van der Waals surface area (Å²) in [6.45, 7) is 10.3. The maximum absolute atomic E-state index is 13.0. The minimum atomic E-state index is -3.48. The number of nitrogens with zero attached hydrogens (tertiary/aromatic N) is 1. The van der Waals surface area contributed by atoms with E-state index in [0.29, 0.717) is 17.2 Å². The predicted molar refractivity (Wildman–Crippen MR) is 146 cm³/mol. The summed E-state index contributed by atoms with van der Waals surface area (Å²) in [6, 6.07) is 18.4. The molecular weight excluding hydrogens is 472 g/mol. The van der Waals surface area contributed by atoms with Gasteiger partial charge in [0.05, 0.1) is 31.6 Å². The van der Waals surface area contributed by atoms with Gasteiger partial charge in [0.2, 0.25) is 10.0 Å². The van der Waals surface area contributed by atoms with Crippen LogP contribution in [0.5, 0.6) is 5.75 Å². The molecule has 1 atom stereocenters. The maximum Gasteiger partial charge on any atom is 0.251 e. The van der Waals surface area contributed by atoms with Crippen molar-refractivity contribution in [2.24, 2.45) is 0 Å². The van der Waals surface area contributed by atoms with Crippen molar-refractivity contribution in [2.45, 2.75) is 53.1 Å². The highest BCUT2D eigenvalue weighted by atomic mass is 32.2. The zero-order valence-corrected chi connectivity index (χ0v) is 22.9. The first kappa shape index (κ1) is 27.3. The Kier molecular flexibility index (Phi) is 8.46. The minimum Gasteiger partial charge on any atom is -0.496 e. The summed E-state index contributed by atoms with van der Waals surface area (Å²) in [5.74, 6) is 0.962. The van der Waals surface area contributed by atoms with Gasteiger partial charge in [0, 0.05) is 5.56 Å². The molecule has 0 saturated heterocycles. The molecule has 3 rings (SSSR count). The molecule has 1 amide bonds. The van der Waals surface area contributed by atoms with E-state index in [4.69, 9.17) is 4.74 Å². The summed E-state index contributed by atoms with van der Waals surface area (Å²) in [4.78, 5) is 13.0. The third-order valence-electron chi connectivity index (χ3n) is 6.29. The molecule has 0 fully saturated rings. The first-order valence-corrected chi connectivity index (χ1v) is 13.9. The number of carbonyl (C=O) groups is 1. The van der Waals surface area contributed by atoms with Crippen LogP contribution in [0.3, 0.4) is 0 Å². The van der Waals surface area contributed by atoms with Crippen LogP contribution in [0.2, 0.25) is 0 Å². The Hall–Kier alpha value is -3.32.